The van der Waals surface area contributed by atoms with Gasteiger partial charge in [-0.25, -0.2) is 0 Å². The number of nitrogens with zero attached hydrogens (tertiary/aromatic N) is 1. The molecule has 13 heavy (non-hydrogen) atoms. The van der Waals surface area contributed by atoms with E-state index in [-0.39, 0.29) is 0 Å². The van der Waals surface area contributed by atoms with Gasteiger partial charge >= 0.3 is 0 Å². The molecule has 0 aromatic carbocycles. The Bertz CT molecular complexity index is 475. The Morgan fingerprint density at radius 3 is 2.85 bits per heavy atom. The number of pyridine rings is 1. The highest BCUT2D eigenvalue weighted by Gasteiger charge is 2.03. The normalized spacial score (nSPS) is 10.5. The van der Waals surface area contributed by atoms with Crippen LogP contribution in [0.25, 0.3) is 5.52 Å². The number of carbonyl (C=O) groups excluding carboxylic acids is 1. The van der Waals surface area contributed by atoms with Crippen molar-refractivity contribution in [3.05, 3.63) is 41.2 Å². The highest BCUT2D eigenvalue weighted by molar-refractivity contribution is 6.33. The van der Waals surface area contributed by atoms with Crippen LogP contribution in [0.2, 0.25) is 5.02 Å². The van der Waals surface area contributed by atoms with Gasteiger partial charge in [0.1, 0.15) is 0 Å². The van der Waals surface area contributed by atoms with Crippen LogP contribution in [0.3, 0.4) is 0 Å². The number of fused-ring (bicyclic) bond motifs is 1. The molecule has 2 aromatic rings. The molecule has 0 saturated carbocycles. The second kappa shape index (κ2) is 2.78. The van der Waals surface area contributed by atoms with E-state index in [1.807, 2.05) is 0 Å². The molecule has 4 heteroatoms. The minimum atomic E-state index is -0.438. The standard InChI is InChI=1S/C9H7ClN2O/c10-7-3-4-12-5-6(9(11)13)1-2-8(7)12/h1-5H,(H2,11,13). The zero-order valence-corrected chi connectivity index (χ0v) is 7.45. The van der Waals surface area contributed by atoms with E-state index < -0.39 is 5.91 Å². The molecule has 3 nitrogen and oxygen atoms in total. The van der Waals surface area contributed by atoms with E-state index in [1.165, 1.54) is 0 Å². The van der Waals surface area contributed by atoms with Crippen LogP contribution in [0, 0.1) is 0 Å². The highest BCUT2D eigenvalue weighted by atomic mass is 35.5. The van der Waals surface area contributed by atoms with E-state index >= 15 is 0 Å². The summed E-state index contributed by atoms with van der Waals surface area (Å²) >= 11 is 5.87. The van der Waals surface area contributed by atoms with Gasteiger partial charge < -0.3 is 10.1 Å². The fourth-order valence-electron chi connectivity index (χ4n) is 1.22. The molecular formula is C9H7ClN2O. The topological polar surface area (TPSA) is 47.5 Å². The molecular weight excluding hydrogens is 188 g/mol. The van der Waals surface area contributed by atoms with Crippen LogP contribution < -0.4 is 5.73 Å². The Hall–Kier alpha value is -1.48. The van der Waals surface area contributed by atoms with Crippen molar-refractivity contribution in [1.29, 1.82) is 0 Å². The van der Waals surface area contributed by atoms with E-state index in [9.17, 15) is 4.79 Å². The van der Waals surface area contributed by atoms with Crippen molar-refractivity contribution < 1.29 is 4.79 Å². The molecule has 0 aliphatic heterocycles. The molecule has 0 radical (unpaired) electrons. The lowest BCUT2D eigenvalue weighted by Crippen LogP contribution is -2.11. The van der Waals surface area contributed by atoms with Gasteiger partial charge in [0.05, 0.1) is 16.1 Å². The number of rotatable bonds is 1. The third-order valence-electron chi connectivity index (χ3n) is 1.89. The maximum atomic E-state index is 10.8. The van der Waals surface area contributed by atoms with E-state index in [2.05, 4.69) is 0 Å². The summed E-state index contributed by atoms with van der Waals surface area (Å²) in [6.07, 6.45) is 3.44. The highest BCUT2D eigenvalue weighted by Crippen LogP contribution is 2.18. The minimum Gasteiger partial charge on any atom is -0.366 e. The van der Waals surface area contributed by atoms with Crippen LogP contribution in [0.4, 0.5) is 0 Å². The van der Waals surface area contributed by atoms with Gasteiger partial charge in [-0.2, -0.15) is 0 Å². The Kier molecular flexibility index (Phi) is 1.74. The molecule has 2 aromatic heterocycles. The molecule has 0 spiro atoms. The fraction of sp³-hybridized carbons (Fsp3) is 0. The van der Waals surface area contributed by atoms with Crippen molar-refractivity contribution in [1.82, 2.24) is 4.40 Å². The molecule has 0 aliphatic rings. The van der Waals surface area contributed by atoms with Gasteiger partial charge in [-0.15, -0.1) is 0 Å². The zero-order chi connectivity index (χ0) is 9.42. The van der Waals surface area contributed by atoms with Crippen LogP contribution in [-0.2, 0) is 0 Å². The lowest BCUT2D eigenvalue weighted by Gasteiger charge is -1.98. The summed E-state index contributed by atoms with van der Waals surface area (Å²) in [7, 11) is 0. The van der Waals surface area contributed by atoms with Crippen LogP contribution in [0.1, 0.15) is 10.4 Å². The maximum absolute atomic E-state index is 10.8. The van der Waals surface area contributed by atoms with Crippen molar-refractivity contribution in [2.24, 2.45) is 5.73 Å². The summed E-state index contributed by atoms with van der Waals surface area (Å²) in [5.74, 6) is -0.438. The molecule has 0 aliphatic carbocycles. The number of halogens is 1. The number of amides is 1. The number of nitrogens with two attached hydrogens (primary N) is 1. The van der Waals surface area contributed by atoms with Crippen LogP contribution in [0.5, 0.6) is 0 Å². The van der Waals surface area contributed by atoms with Gasteiger partial charge in [0, 0.05) is 12.4 Å². The lowest BCUT2D eigenvalue weighted by atomic mass is 10.2. The molecule has 2 rings (SSSR count). The van der Waals surface area contributed by atoms with Gasteiger partial charge in [0.2, 0.25) is 5.91 Å². The molecule has 0 bridgehead atoms. The summed E-state index contributed by atoms with van der Waals surface area (Å²) in [5, 5.41) is 0.663. The predicted octanol–water partition coefficient (Wildman–Crippen LogP) is 1.69. The van der Waals surface area contributed by atoms with Crippen molar-refractivity contribution in [2.75, 3.05) is 0 Å². The second-order valence-electron chi connectivity index (χ2n) is 2.74. The van der Waals surface area contributed by atoms with E-state index in [0.29, 0.717) is 10.6 Å². The smallest absolute Gasteiger partial charge is 0.250 e. The van der Waals surface area contributed by atoms with E-state index in [4.69, 9.17) is 17.3 Å². The Morgan fingerprint density at radius 2 is 2.15 bits per heavy atom. The average molecular weight is 195 g/mol. The average Bonchev–Trinajstić information content (AvgIpc) is 2.47. The van der Waals surface area contributed by atoms with Crippen LogP contribution in [0.15, 0.2) is 30.6 Å². The van der Waals surface area contributed by atoms with Gasteiger partial charge in [0.15, 0.2) is 0 Å². The molecule has 0 atom stereocenters. The molecule has 0 fully saturated rings. The molecule has 0 unspecified atom stereocenters. The van der Waals surface area contributed by atoms with Gasteiger partial charge in [-0.05, 0) is 18.2 Å². The van der Waals surface area contributed by atoms with E-state index in [0.717, 1.165) is 5.52 Å². The first-order valence-electron chi connectivity index (χ1n) is 3.74. The van der Waals surface area contributed by atoms with Crippen molar-refractivity contribution >= 4 is 23.0 Å². The van der Waals surface area contributed by atoms with Gasteiger partial charge in [0.25, 0.3) is 0 Å². The van der Waals surface area contributed by atoms with Crippen molar-refractivity contribution in [3.8, 4) is 0 Å². The number of aromatic nitrogens is 1. The lowest BCUT2D eigenvalue weighted by molar-refractivity contribution is 0.1000. The second-order valence-corrected chi connectivity index (χ2v) is 3.15. The Balaban J connectivity index is 2.70. The predicted molar refractivity (Wildman–Crippen MR) is 50.9 cm³/mol. The van der Waals surface area contributed by atoms with Crippen molar-refractivity contribution in [3.63, 3.8) is 0 Å². The largest absolute Gasteiger partial charge is 0.366 e. The first-order valence-corrected chi connectivity index (χ1v) is 4.12. The monoisotopic (exact) mass is 194 g/mol. The summed E-state index contributed by atoms with van der Waals surface area (Å²) in [5.41, 5.74) is 6.47. The maximum Gasteiger partial charge on any atom is 0.250 e. The molecule has 1 amide bonds. The van der Waals surface area contributed by atoms with Crippen LogP contribution >= 0.6 is 11.6 Å². The van der Waals surface area contributed by atoms with Crippen molar-refractivity contribution in [2.45, 2.75) is 0 Å². The Labute approximate surface area is 79.7 Å². The Morgan fingerprint density at radius 1 is 1.38 bits per heavy atom. The molecule has 2 heterocycles. The summed E-state index contributed by atoms with van der Waals surface area (Å²) < 4.78 is 1.77. The molecule has 66 valence electrons. The SMILES string of the molecule is NC(=O)c1ccc2c(Cl)ccn2c1. The summed E-state index contributed by atoms with van der Waals surface area (Å²) in [4.78, 5) is 10.8. The third kappa shape index (κ3) is 1.27. The van der Waals surface area contributed by atoms with Gasteiger partial charge in [-0.1, -0.05) is 11.6 Å². The first-order chi connectivity index (χ1) is 6.18. The summed E-state index contributed by atoms with van der Waals surface area (Å²) in [6, 6.07) is 5.19. The quantitative estimate of drug-likeness (QED) is 0.738. The number of carbonyl (C=O) groups is 1. The number of hydrogen-bond acceptors (Lipinski definition) is 1. The third-order valence-corrected chi connectivity index (χ3v) is 2.21. The first kappa shape index (κ1) is 8.13. The fourth-order valence-corrected chi connectivity index (χ4v) is 1.44. The molecule has 0 saturated heterocycles. The number of primary amides is 1. The zero-order valence-electron chi connectivity index (χ0n) is 6.70. The van der Waals surface area contributed by atoms with Crippen LogP contribution in [-0.4, -0.2) is 10.3 Å². The van der Waals surface area contributed by atoms with Gasteiger partial charge in [-0.3, -0.25) is 4.79 Å². The van der Waals surface area contributed by atoms with E-state index in [1.54, 1.807) is 35.0 Å². The number of hydrogen-bond donors (Lipinski definition) is 1. The minimum absolute atomic E-state index is 0.438. The summed E-state index contributed by atoms with van der Waals surface area (Å²) in [6.45, 7) is 0. The molecule has 2 N–H and O–H groups in total.